The van der Waals surface area contributed by atoms with Crippen LogP contribution in [0.4, 0.5) is 0 Å². The lowest BCUT2D eigenvalue weighted by atomic mass is 9.99. The molecule has 1 aromatic rings. The Morgan fingerprint density at radius 1 is 1.16 bits per heavy atom. The molecule has 4 unspecified atom stereocenters. The van der Waals surface area contributed by atoms with Gasteiger partial charge in [0.25, 0.3) is 0 Å². The maximum absolute atomic E-state index is 12.8. The van der Waals surface area contributed by atoms with E-state index in [1.54, 1.807) is 19.1 Å². The van der Waals surface area contributed by atoms with Gasteiger partial charge in [-0.25, -0.2) is 4.79 Å². The zero-order chi connectivity index (χ0) is 23.7. The smallest absolute Gasteiger partial charge is 0.326 e. The van der Waals surface area contributed by atoms with E-state index in [0.717, 1.165) is 18.5 Å². The van der Waals surface area contributed by atoms with Crippen molar-refractivity contribution in [2.24, 2.45) is 5.92 Å². The van der Waals surface area contributed by atoms with Crippen LogP contribution in [0.1, 0.15) is 38.7 Å². The molecule has 1 heterocycles. The summed E-state index contributed by atoms with van der Waals surface area (Å²) in [6, 6.07) is 3.90. The molecular weight excluding hydrogens is 416 g/mol. The van der Waals surface area contributed by atoms with Crippen LogP contribution in [0.2, 0.25) is 0 Å². The molecule has 32 heavy (non-hydrogen) atoms. The Labute approximate surface area is 187 Å². The number of carbonyl (C=O) groups is 4. The van der Waals surface area contributed by atoms with E-state index in [-0.39, 0.29) is 30.0 Å². The first-order chi connectivity index (χ1) is 15.2. The van der Waals surface area contributed by atoms with Gasteiger partial charge in [0.1, 0.15) is 17.8 Å². The Bertz CT molecular complexity index is 807. The minimum absolute atomic E-state index is 0.0832. The van der Waals surface area contributed by atoms with Crippen molar-refractivity contribution in [2.45, 2.75) is 57.7 Å². The lowest BCUT2D eigenvalue weighted by Gasteiger charge is -2.22. The highest BCUT2D eigenvalue weighted by Gasteiger charge is 2.29. The third-order valence-electron chi connectivity index (χ3n) is 5.60. The lowest BCUT2D eigenvalue weighted by molar-refractivity contribution is -0.143. The van der Waals surface area contributed by atoms with E-state index in [1.807, 2.05) is 6.92 Å². The second kappa shape index (κ2) is 12.0. The van der Waals surface area contributed by atoms with E-state index in [0.29, 0.717) is 12.8 Å². The van der Waals surface area contributed by atoms with Gasteiger partial charge >= 0.3 is 5.97 Å². The highest BCUT2D eigenvalue weighted by molar-refractivity contribution is 5.92. The van der Waals surface area contributed by atoms with Crippen molar-refractivity contribution >= 4 is 23.7 Å². The minimum atomic E-state index is -1.14. The Balaban J connectivity index is 2.00. The van der Waals surface area contributed by atoms with Gasteiger partial charge in [-0.3, -0.25) is 14.4 Å². The van der Waals surface area contributed by atoms with Crippen molar-refractivity contribution in [3.63, 3.8) is 0 Å². The number of carbonyl (C=O) groups excluding carboxylic acids is 3. The standard InChI is InChI=1S/C22H32N4O6/c1-3-13(2)19(22(31)32)26-18(28)12-24-20(29)17(11-14-6-8-15(27)9-7-14)25-21(30)16-5-4-10-23-16/h6-9,13,16-17,19,23,27H,3-5,10-12H2,1-2H3,(H,24,29)(H,25,30)(H,26,28)(H,31,32). The molecule has 1 aromatic carbocycles. The number of rotatable bonds is 11. The van der Waals surface area contributed by atoms with Crippen molar-refractivity contribution in [2.75, 3.05) is 13.1 Å². The first-order valence-corrected chi connectivity index (χ1v) is 10.8. The van der Waals surface area contributed by atoms with Crippen molar-refractivity contribution in [1.29, 1.82) is 0 Å². The zero-order valence-corrected chi connectivity index (χ0v) is 18.4. The van der Waals surface area contributed by atoms with E-state index in [4.69, 9.17) is 0 Å². The van der Waals surface area contributed by atoms with Gasteiger partial charge in [0.2, 0.25) is 17.7 Å². The molecule has 0 spiro atoms. The zero-order valence-electron chi connectivity index (χ0n) is 18.4. The summed E-state index contributed by atoms with van der Waals surface area (Å²) in [5, 5.41) is 29.5. The molecular formula is C22H32N4O6. The van der Waals surface area contributed by atoms with Gasteiger partial charge in [-0.1, -0.05) is 32.4 Å². The van der Waals surface area contributed by atoms with Gasteiger partial charge in [-0.2, -0.15) is 0 Å². The van der Waals surface area contributed by atoms with Crippen molar-refractivity contribution in [3.8, 4) is 5.75 Å². The molecule has 0 aromatic heterocycles. The largest absolute Gasteiger partial charge is 0.508 e. The van der Waals surface area contributed by atoms with E-state index in [2.05, 4.69) is 21.3 Å². The van der Waals surface area contributed by atoms with E-state index >= 15 is 0 Å². The molecule has 2 rings (SSSR count). The van der Waals surface area contributed by atoms with E-state index in [1.165, 1.54) is 12.1 Å². The number of amides is 3. The summed E-state index contributed by atoms with van der Waals surface area (Å²) in [7, 11) is 0. The van der Waals surface area contributed by atoms with Crippen LogP contribution in [0.3, 0.4) is 0 Å². The number of hydrogen-bond donors (Lipinski definition) is 6. The first-order valence-electron chi connectivity index (χ1n) is 10.8. The molecule has 1 aliphatic rings. The second-order valence-corrected chi connectivity index (χ2v) is 8.07. The Hall–Kier alpha value is -3.14. The van der Waals surface area contributed by atoms with Crippen molar-refractivity contribution in [1.82, 2.24) is 21.3 Å². The molecule has 176 valence electrons. The molecule has 1 aliphatic heterocycles. The Morgan fingerprint density at radius 3 is 2.41 bits per heavy atom. The number of phenolic OH excluding ortho intramolecular Hbond substituents is 1. The van der Waals surface area contributed by atoms with Crippen LogP contribution in [0.5, 0.6) is 5.75 Å². The average molecular weight is 449 g/mol. The molecule has 4 atom stereocenters. The molecule has 1 fully saturated rings. The van der Waals surface area contributed by atoms with Gasteiger partial charge in [0.15, 0.2) is 0 Å². The van der Waals surface area contributed by atoms with Crippen molar-refractivity contribution < 1.29 is 29.4 Å². The highest BCUT2D eigenvalue weighted by Crippen LogP contribution is 2.12. The van der Waals surface area contributed by atoms with E-state index in [9.17, 15) is 29.4 Å². The number of carboxylic acids is 1. The third kappa shape index (κ3) is 7.52. The predicted octanol–water partition coefficient (Wildman–Crippen LogP) is -0.0968. The van der Waals surface area contributed by atoms with E-state index < -0.39 is 36.4 Å². The van der Waals surface area contributed by atoms with Gasteiger partial charge < -0.3 is 31.5 Å². The summed E-state index contributed by atoms with van der Waals surface area (Å²) in [4.78, 5) is 48.9. The van der Waals surface area contributed by atoms with Crippen molar-refractivity contribution in [3.05, 3.63) is 29.8 Å². The predicted molar refractivity (Wildman–Crippen MR) is 117 cm³/mol. The van der Waals surface area contributed by atoms with Gasteiger partial charge in [0.05, 0.1) is 12.6 Å². The van der Waals surface area contributed by atoms with Crippen LogP contribution in [0.25, 0.3) is 0 Å². The monoisotopic (exact) mass is 448 g/mol. The summed E-state index contributed by atoms with van der Waals surface area (Å²) < 4.78 is 0. The summed E-state index contributed by atoms with van der Waals surface area (Å²) >= 11 is 0. The fraction of sp³-hybridized carbons (Fsp3) is 0.545. The minimum Gasteiger partial charge on any atom is -0.508 e. The SMILES string of the molecule is CCC(C)C(NC(=O)CNC(=O)C(Cc1ccc(O)cc1)NC(=O)C1CCCN1)C(=O)O. The summed E-state index contributed by atoms with van der Waals surface area (Å²) in [6.45, 7) is 3.86. The topological polar surface area (TPSA) is 157 Å². The van der Waals surface area contributed by atoms with Gasteiger partial charge in [-0.15, -0.1) is 0 Å². The van der Waals surface area contributed by atoms with Crippen LogP contribution in [-0.2, 0) is 25.6 Å². The maximum atomic E-state index is 12.8. The van der Waals surface area contributed by atoms with Crippen LogP contribution in [-0.4, -0.2) is 65.1 Å². The number of hydrogen-bond acceptors (Lipinski definition) is 6. The molecule has 1 saturated heterocycles. The number of aliphatic carboxylic acids is 1. The summed E-state index contributed by atoms with van der Waals surface area (Å²) in [5.74, 6) is -2.81. The van der Waals surface area contributed by atoms with Gasteiger partial charge in [-0.05, 0) is 43.0 Å². The first kappa shape index (κ1) is 25.1. The quantitative estimate of drug-likeness (QED) is 0.276. The number of aromatic hydroxyl groups is 1. The van der Waals surface area contributed by atoms with Crippen LogP contribution < -0.4 is 21.3 Å². The van der Waals surface area contributed by atoms with Gasteiger partial charge in [0, 0.05) is 6.42 Å². The van der Waals surface area contributed by atoms with Crippen LogP contribution in [0.15, 0.2) is 24.3 Å². The number of nitrogens with one attached hydrogen (secondary N) is 4. The third-order valence-corrected chi connectivity index (χ3v) is 5.60. The molecule has 10 nitrogen and oxygen atoms in total. The summed E-state index contributed by atoms with van der Waals surface area (Å²) in [6.07, 6.45) is 2.28. The summed E-state index contributed by atoms with van der Waals surface area (Å²) in [5.41, 5.74) is 0.717. The Morgan fingerprint density at radius 2 is 1.84 bits per heavy atom. The molecule has 0 saturated carbocycles. The lowest BCUT2D eigenvalue weighted by Crippen LogP contribution is -2.54. The molecule has 10 heteroatoms. The fourth-order valence-corrected chi connectivity index (χ4v) is 3.46. The highest BCUT2D eigenvalue weighted by atomic mass is 16.4. The second-order valence-electron chi connectivity index (χ2n) is 8.07. The fourth-order valence-electron chi connectivity index (χ4n) is 3.46. The number of phenols is 1. The normalized spacial score (nSPS) is 18.2. The average Bonchev–Trinajstić information content (AvgIpc) is 3.31. The molecule has 6 N–H and O–H groups in total. The molecule has 0 radical (unpaired) electrons. The maximum Gasteiger partial charge on any atom is 0.326 e. The molecule has 0 bridgehead atoms. The number of carboxylic acid groups (broad SMARTS) is 1. The Kier molecular flexibility index (Phi) is 9.45. The molecule has 3 amide bonds. The van der Waals surface area contributed by atoms with Crippen LogP contribution in [0, 0.1) is 5.92 Å². The van der Waals surface area contributed by atoms with Crippen LogP contribution >= 0.6 is 0 Å². The number of benzene rings is 1. The molecule has 0 aliphatic carbocycles.